The van der Waals surface area contributed by atoms with Crippen molar-refractivity contribution in [3.63, 3.8) is 0 Å². The van der Waals surface area contributed by atoms with Crippen molar-refractivity contribution in [3.05, 3.63) is 65.2 Å². The zero-order valence-corrected chi connectivity index (χ0v) is 11.8. The van der Waals surface area contributed by atoms with E-state index in [1.165, 1.54) is 0 Å². The number of nitrogens with zero attached hydrogens (tertiary/aromatic N) is 2. The van der Waals surface area contributed by atoms with Crippen molar-refractivity contribution < 1.29 is 9.90 Å². The molecule has 0 saturated carbocycles. The molecule has 0 atom stereocenters. The van der Waals surface area contributed by atoms with Crippen LogP contribution in [0, 0.1) is 18.3 Å². The molecule has 0 aliphatic rings. The molecule has 0 spiro atoms. The van der Waals surface area contributed by atoms with E-state index in [0.29, 0.717) is 12.1 Å². The minimum absolute atomic E-state index is 0.0660. The van der Waals surface area contributed by atoms with Gasteiger partial charge in [-0.15, -0.1) is 0 Å². The van der Waals surface area contributed by atoms with Crippen LogP contribution in [-0.2, 0) is 11.3 Å². The monoisotopic (exact) mass is 280 g/mol. The number of rotatable bonds is 5. The Morgan fingerprint density at radius 1 is 1.24 bits per heavy atom. The number of hydrogen-bond acceptors (Lipinski definition) is 3. The Morgan fingerprint density at radius 2 is 1.95 bits per heavy atom. The molecule has 0 amide bonds. The number of aliphatic carboxylic acids is 1. The van der Waals surface area contributed by atoms with Crippen molar-refractivity contribution in [2.24, 2.45) is 0 Å². The maximum absolute atomic E-state index is 11.1. The van der Waals surface area contributed by atoms with E-state index in [0.717, 1.165) is 16.8 Å². The van der Waals surface area contributed by atoms with Gasteiger partial charge in [0.25, 0.3) is 0 Å². The van der Waals surface area contributed by atoms with Crippen molar-refractivity contribution in [3.8, 4) is 6.07 Å². The Labute approximate surface area is 123 Å². The molecule has 2 aromatic rings. The fraction of sp³-hybridized carbons (Fsp3) is 0.176. The van der Waals surface area contributed by atoms with Gasteiger partial charge in [0, 0.05) is 12.2 Å². The molecule has 0 unspecified atom stereocenters. The lowest BCUT2D eigenvalue weighted by Gasteiger charge is -2.24. The van der Waals surface area contributed by atoms with Gasteiger partial charge in [-0.3, -0.25) is 4.79 Å². The zero-order valence-electron chi connectivity index (χ0n) is 11.8. The second-order valence-corrected chi connectivity index (χ2v) is 4.84. The molecule has 0 bridgehead atoms. The summed E-state index contributed by atoms with van der Waals surface area (Å²) in [7, 11) is 0. The third-order valence-corrected chi connectivity index (χ3v) is 3.28. The first-order valence-corrected chi connectivity index (χ1v) is 6.61. The number of carboxylic acid groups (broad SMARTS) is 1. The second-order valence-electron chi connectivity index (χ2n) is 4.84. The Bertz CT molecular complexity index is 675. The van der Waals surface area contributed by atoms with Gasteiger partial charge in [-0.2, -0.15) is 5.26 Å². The minimum Gasteiger partial charge on any atom is -0.480 e. The van der Waals surface area contributed by atoms with Crippen molar-refractivity contribution in [2.75, 3.05) is 11.4 Å². The van der Waals surface area contributed by atoms with E-state index in [9.17, 15) is 4.79 Å². The van der Waals surface area contributed by atoms with E-state index >= 15 is 0 Å². The molecule has 0 aromatic heterocycles. The summed E-state index contributed by atoms with van der Waals surface area (Å²) >= 11 is 0. The summed E-state index contributed by atoms with van der Waals surface area (Å²) in [6, 6.07) is 17.0. The Morgan fingerprint density at radius 3 is 2.52 bits per heavy atom. The average Bonchev–Trinajstić information content (AvgIpc) is 2.49. The molecule has 4 nitrogen and oxygen atoms in total. The van der Waals surface area contributed by atoms with Gasteiger partial charge in [0.1, 0.15) is 6.54 Å². The maximum atomic E-state index is 11.1. The lowest BCUT2D eigenvalue weighted by atomic mass is 10.0. The van der Waals surface area contributed by atoms with Gasteiger partial charge in [0.2, 0.25) is 0 Å². The summed E-state index contributed by atoms with van der Waals surface area (Å²) in [6.07, 6.45) is 0. The fourth-order valence-corrected chi connectivity index (χ4v) is 2.19. The Balaban J connectivity index is 2.27. The summed E-state index contributed by atoms with van der Waals surface area (Å²) < 4.78 is 0. The first-order chi connectivity index (χ1) is 10.1. The van der Waals surface area contributed by atoms with Gasteiger partial charge >= 0.3 is 5.97 Å². The van der Waals surface area contributed by atoms with Crippen LogP contribution >= 0.6 is 0 Å². The number of hydrogen-bond donors (Lipinski definition) is 1. The van der Waals surface area contributed by atoms with Crippen LogP contribution in [0.2, 0.25) is 0 Å². The molecule has 0 fully saturated rings. The topological polar surface area (TPSA) is 64.3 Å². The first kappa shape index (κ1) is 14.6. The molecule has 0 aliphatic heterocycles. The molecular weight excluding hydrogens is 264 g/mol. The van der Waals surface area contributed by atoms with Crippen LogP contribution in [0.3, 0.4) is 0 Å². The Hall–Kier alpha value is -2.80. The molecule has 0 aliphatic carbocycles. The van der Waals surface area contributed by atoms with Crippen LogP contribution in [0.1, 0.15) is 16.7 Å². The third kappa shape index (κ3) is 3.83. The van der Waals surface area contributed by atoms with Gasteiger partial charge in [0.05, 0.1) is 11.6 Å². The molecule has 106 valence electrons. The van der Waals surface area contributed by atoms with E-state index in [1.54, 1.807) is 11.0 Å². The largest absolute Gasteiger partial charge is 0.480 e. The number of benzene rings is 2. The van der Waals surface area contributed by atoms with E-state index in [1.807, 2.05) is 49.4 Å². The highest BCUT2D eigenvalue weighted by atomic mass is 16.4. The average molecular weight is 280 g/mol. The van der Waals surface area contributed by atoms with Gasteiger partial charge < -0.3 is 10.0 Å². The highest BCUT2D eigenvalue weighted by Crippen LogP contribution is 2.19. The normalized spacial score (nSPS) is 9.90. The molecule has 0 heterocycles. The molecule has 0 saturated heterocycles. The van der Waals surface area contributed by atoms with Gasteiger partial charge in [-0.1, -0.05) is 24.3 Å². The summed E-state index contributed by atoms with van der Waals surface area (Å²) in [5.74, 6) is -0.870. The molecule has 4 heteroatoms. The van der Waals surface area contributed by atoms with Crippen molar-refractivity contribution in [1.82, 2.24) is 0 Å². The maximum Gasteiger partial charge on any atom is 0.323 e. The number of aryl methyl sites for hydroxylation is 1. The molecule has 2 aromatic carbocycles. The van der Waals surface area contributed by atoms with Crippen LogP contribution < -0.4 is 4.90 Å². The van der Waals surface area contributed by atoms with Crippen molar-refractivity contribution >= 4 is 11.7 Å². The summed E-state index contributed by atoms with van der Waals surface area (Å²) in [5, 5.41) is 18.0. The predicted molar refractivity (Wildman–Crippen MR) is 81.0 cm³/mol. The summed E-state index contributed by atoms with van der Waals surface area (Å²) in [6.45, 7) is 2.36. The molecule has 0 radical (unpaired) electrons. The molecule has 21 heavy (non-hydrogen) atoms. The van der Waals surface area contributed by atoms with Gasteiger partial charge in [-0.05, 0) is 42.3 Å². The van der Waals surface area contributed by atoms with Crippen molar-refractivity contribution in [2.45, 2.75) is 13.5 Å². The van der Waals surface area contributed by atoms with Gasteiger partial charge in [-0.25, -0.2) is 0 Å². The predicted octanol–water partition coefficient (Wildman–Crippen LogP) is 2.96. The van der Waals surface area contributed by atoms with Crippen LogP contribution in [-0.4, -0.2) is 17.6 Å². The Kier molecular flexibility index (Phi) is 4.57. The first-order valence-electron chi connectivity index (χ1n) is 6.61. The third-order valence-electron chi connectivity index (χ3n) is 3.28. The van der Waals surface area contributed by atoms with Crippen LogP contribution in [0.15, 0.2) is 48.5 Å². The second kappa shape index (κ2) is 6.58. The summed E-state index contributed by atoms with van der Waals surface area (Å²) in [5.41, 5.74) is 3.48. The SMILES string of the molecule is Cc1cc(C#N)ccc1CN(CC(=O)O)c1ccccc1. The zero-order chi connectivity index (χ0) is 15.2. The molecule has 2 rings (SSSR count). The highest BCUT2D eigenvalue weighted by molar-refractivity contribution is 5.73. The lowest BCUT2D eigenvalue weighted by molar-refractivity contribution is -0.135. The highest BCUT2D eigenvalue weighted by Gasteiger charge is 2.12. The fourth-order valence-electron chi connectivity index (χ4n) is 2.19. The quantitative estimate of drug-likeness (QED) is 0.914. The summed E-state index contributed by atoms with van der Waals surface area (Å²) in [4.78, 5) is 12.9. The van der Waals surface area contributed by atoms with E-state index in [4.69, 9.17) is 10.4 Å². The standard InChI is InChI=1S/C17H16N2O2/c1-13-9-14(10-18)7-8-15(13)11-19(12-17(20)21)16-5-3-2-4-6-16/h2-9H,11-12H2,1H3,(H,20,21). The van der Waals surface area contributed by atoms with Gasteiger partial charge in [0.15, 0.2) is 0 Å². The number of nitriles is 1. The number of carboxylic acids is 1. The number of carbonyl (C=O) groups is 1. The van der Waals surface area contributed by atoms with E-state index in [-0.39, 0.29) is 6.54 Å². The lowest BCUT2D eigenvalue weighted by Crippen LogP contribution is -2.29. The van der Waals surface area contributed by atoms with Crippen LogP contribution in [0.4, 0.5) is 5.69 Å². The molecular formula is C17H16N2O2. The smallest absolute Gasteiger partial charge is 0.323 e. The van der Waals surface area contributed by atoms with Crippen LogP contribution in [0.25, 0.3) is 0 Å². The number of para-hydroxylation sites is 1. The van der Waals surface area contributed by atoms with Crippen LogP contribution in [0.5, 0.6) is 0 Å². The number of anilines is 1. The molecule has 1 N–H and O–H groups in total. The van der Waals surface area contributed by atoms with Crippen molar-refractivity contribution in [1.29, 1.82) is 5.26 Å². The van der Waals surface area contributed by atoms with E-state index < -0.39 is 5.97 Å². The van der Waals surface area contributed by atoms with E-state index in [2.05, 4.69) is 6.07 Å². The minimum atomic E-state index is -0.870.